The molecule has 250 valence electrons. The van der Waals surface area contributed by atoms with E-state index in [-0.39, 0.29) is 23.8 Å². The number of aliphatic hydroxyl groups is 1. The van der Waals surface area contributed by atoms with E-state index < -0.39 is 11.6 Å². The van der Waals surface area contributed by atoms with Gasteiger partial charge in [-0.15, -0.1) is 0 Å². The molecule has 1 atom stereocenters. The molecule has 2 heterocycles. The van der Waals surface area contributed by atoms with Crippen LogP contribution in [-0.4, -0.2) is 54.3 Å². The van der Waals surface area contributed by atoms with E-state index in [0.717, 1.165) is 72.0 Å². The first-order valence-corrected chi connectivity index (χ1v) is 16.8. The lowest BCUT2D eigenvalue weighted by atomic mass is 9.91. The highest BCUT2D eigenvalue weighted by Crippen LogP contribution is 2.33. The quantitative estimate of drug-likeness (QED) is 0.109. The first-order valence-electron chi connectivity index (χ1n) is 16.8. The average Bonchev–Trinajstić information content (AvgIpc) is 3.42. The number of aromatic nitrogens is 4. The molecule has 1 N–H and O–H groups in total. The molecule has 1 unspecified atom stereocenters. The van der Waals surface area contributed by atoms with E-state index >= 15 is 0 Å². The van der Waals surface area contributed by atoms with Crippen molar-refractivity contribution >= 4 is 18.0 Å². The van der Waals surface area contributed by atoms with Crippen molar-refractivity contribution in [2.75, 3.05) is 0 Å². The molecule has 0 aliphatic heterocycles. The molecule has 10 heteroatoms. The van der Waals surface area contributed by atoms with E-state index in [1.54, 1.807) is 13.8 Å². The fourth-order valence-electron chi connectivity index (χ4n) is 6.70. The zero-order chi connectivity index (χ0) is 33.7. The predicted octanol–water partition coefficient (Wildman–Crippen LogP) is 6.36. The second-order valence-electron chi connectivity index (χ2n) is 13.1. The van der Waals surface area contributed by atoms with E-state index in [1.807, 2.05) is 59.3 Å². The Balaban J connectivity index is 1.45. The molecule has 0 saturated heterocycles. The number of carbonyl (C=O) groups excluding carboxylic acids is 1. The lowest BCUT2D eigenvalue weighted by molar-refractivity contribution is -0.140. The summed E-state index contributed by atoms with van der Waals surface area (Å²) in [5.41, 5.74) is 4.54. The molecule has 4 aromatic rings. The molecule has 1 fully saturated rings. The number of carbonyl (C=O) groups is 1. The molecule has 0 radical (unpaired) electrons. The van der Waals surface area contributed by atoms with Gasteiger partial charge in [0, 0.05) is 30.5 Å². The number of hydrogen-bond donors (Lipinski definition) is 1. The van der Waals surface area contributed by atoms with Gasteiger partial charge in [-0.25, -0.2) is 9.31 Å². The van der Waals surface area contributed by atoms with Gasteiger partial charge >= 0.3 is 5.97 Å². The highest BCUT2D eigenvalue weighted by Gasteiger charge is 2.33. The largest absolute Gasteiger partial charge is 0.388 e. The van der Waals surface area contributed by atoms with Crippen molar-refractivity contribution in [3.05, 3.63) is 87.1 Å². The van der Waals surface area contributed by atoms with E-state index in [2.05, 4.69) is 24.2 Å². The predicted molar refractivity (Wildman–Crippen MR) is 183 cm³/mol. The average molecular weight is 642 g/mol. The lowest BCUT2D eigenvalue weighted by Crippen LogP contribution is -2.41. The van der Waals surface area contributed by atoms with Gasteiger partial charge in [-0.3, -0.25) is 9.36 Å². The van der Waals surface area contributed by atoms with Gasteiger partial charge < -0.3 is 14.7 Å². The van der Waals surface area contributed by atoms with Crippen LogP contribution < -0.4 is 5.56 Å². The Bertz CT molecular complexity index is 1780. The third-order valence-electron chi connectivity index (χ3n) is 8.98. The van der Waals surface area contributed by atoms with Crippen LogP contribution in [0.2, 0.25) is 0 Å². The number of fused-ring (bicyclic) bond motifs is 1. The normalized spacial score (nSPS) is 17.8. The summed E-state index contributed by atoms with van der Waals surface area (Å²) in [6.07, 6.45) is 7.35. The third-order valence-corrected chi connectivity index (χ3v) is 8.98. The molecule has 5 rings (SSSR count). The maximum Gasteiger partial charge on any atom is 0.331 e. The fraction of sp³-hybridized carbons (Fsp3) is 0.486. The minimum Gasteiger partial charge on any atom is -0.388 e. The molecule has 1 aliphatic rings. The Morgan fingerprint density at radius 3 is 2.45 bits per heavy atom. The molecule has 10 nitrogen and oxygen atoms in total. The SMILES string of the molecule is CCCc1c(Cc2ccc(-c3ccccc3/C=N/OC(C)=O)cc2)c(=O)n(C2CCC(OC(CC)C(C)(C)O)CC2)c2nc(C)nn12. The Morgan fingerprint density at radius 2 is 1.81 bits per heavy atom. The van der Waals surface area contributed by atoms with Crippen LogP contribution in [0.5, 0.6) is 0 Å². The zero-order valence-electron chi connectivity index (χ0n) is 28.4. The van der Waals surface area contributed by atoms with Crippen LogP contribution >= 0.6 is 0 Å². The minimum atomic E-state index is -0.904. The molecule has 1 aliphatic carbocycles. The van der Waals surface area contributed by atoms with Gasteiger partial charge in [0.1, 0.15) is 5.82 Å². The molecule has 1 saturated carbocycles. The van der Waals surface area contributed by atoms with Crippen LogP contribution in [0, 0.1) is 6.92 Å². The van der Waals surface area contributed by atoms with E-state index in [9.17, 15) is 14.7 Å². The van der Waals surface area contributed by atoms with Crippen molar-refractivity contribution in [2.24, 2.45) is 5.16 Å². The van der Waals surface area contributed by atoms with Gasteiger partial charge in [0.15, 0.2) is 0 Å². The summed E-state index contributed by atoms with van der Waals surface area (Å²) in [7, 11) is 0. The topological polar surface area (TPSA) is 120 Å². The van der Waals surface area contributed by atoms with Gasteiger partial charge in [-0.05, 0) is 76.0 Å². The van der Waals surface area contributed by atoms with Gasteiger partial charge in [-0.1, -0.05) is 74.0 Å². The third kappa shape index (κ3) is 7.88. The van der Waals surface area contributed by atoms with Crippen molar-refractivity contribution < 1.29 is 19.5 Å². The van der Waals surface area contributed by atoms with Crippen molar-refractivity contribution in [3.63, 3.8) is 0 Å². The second kappa shape index (κ2) is 14.7. The van der Waals surface area contributed by atoms with Crippen LogP contribution in [0.25, 0.3) is 16.9 Å². The smallest absolute Gasteiger partial charge is 0.331 e. The van der Waals surface area contributed by atoms with E-state index in [4.69, 9.17) is 19.7 Å². The first kappa shape index (κ1) is 34.2. The summed E-state index contributed by atoms with van der Waals surface area (Å²) < 4.78 is 10.1. The monoisotopic (exact) mass is 641 g/mol. The Morgan fingerprint density at radius 1 is 1.11 bits per heavy atom. The minimum absolute atomic E-state index is 0.00301. The molecular formula is C37H47N5O5. The van der Waals surface area contributed by atoms with Crippen LogP contribution in [-0.2, 0) is 27.2 Å². The highest BCUT2D eigenvalue weighted by molar-refractivity contribution is 5.90. The maximum atomic E-state index is 14.5. The van der Waals surface area contributed by atoms with Crippen LogP contribution in [0.1, 0.15) is 107 Å². The number of ether oxygens (including phenoxy) is 1. The highest BCUT2D eigenvalue weighted by atomic mass is 16.7. The summed E-state index contributed by atoms with van der Waals surface area (Å²) in [6.45, 7) is 10.9. The zero-order valence-corrected chi connectivity index (χ0v) is 28.4. The lowest BCUT2D eigenvalue weighted by Gasteiger charge is -2.36. The number of nitrogens with zero attached hydrogens (tertiary/aromatic N) is 5. The molecule has 0 amide bonds. The summed E-state index contributed by atoms with van der Waals surface area (Å²) in [4.78, 5) is 35.1. The fourth-order valence-corrected chi connectivity index (χ4v) is 6.70. The van der Waals surface area contributed by atoms with Crippen molar-refractivity contribution in [1.29, 1.82) is 0 Å². The molecule has 0 spiro atoms. The summed E-state index contributed by atoms with van der Waals surface area (Å²) in [5.74, 6) is 0.771. The van der Waals surface area contributed by atoms with E-state index in [0.29, 0.717) is 24.4 Å². The Hall–Kier alpha value is -4.15. The van der Waals surface area contributed by atoms with Gasteiger partial charge in [0.2, 0.25) is 5.78 Å². The molecule has 2 aromatic heterocycles. The molecule has 0 bridgehead atoms. The standard InChI is InChI=1S/C37H47N5O5/c1-7-11-33-32(22-26-14-16-27(17-15-26)31-13-10-9-12-28(31)23-38-47-25(4)43)35(44)41(36-39-24(3)40-42(33)36)29-18-20-30(21-19-29)46-34(8-2)37(5,6)45/h9-10,12-17,23,29-30,34,45H,7-8,11,18-22H2,1-6H3/b38-23+. The number of hydrogen-bond acceptors (Lipinski definition) is 8. The molecule has 47 heavy (non-hydrogen) atoms. The van der Waals surface area contributed by atoms with Crippen LogP contribution in [0.3, 0.4) is 0 Å². The number of rotatable bonds is 12. The summed E-state index contributed by atoms with van der Waals surface area (Å²) in [5, 5.41) is 19.1. The Kier molecular flexibility index (Phi) is 10.7. The van der Waals surface area contributed by atoms with E-state index in [1.165, 1.54) is 13.1 Å². The second-order valence-corrected chi connectivity index (χ2v) is 13.1. The number of aryl methyl sites for hydroxylation is 2. The number of benzene rings is 2. The maximum absolute atomic E-state index is 14.5. The van der Waals surface area contributed by atoms with Crippen LogP contribution in [0.4, 0.5) is 0 Å². The Labute approximate surface area is 276 Å². The summed E-state index contributed by atoms with van der Waals surface area (Å²) >= 11 is 0. The van der Waals surface area contributed by atoms with Gasteiger partial charge in [0.25, 0.3) is 5.56 Å². The van der Waals surface area contributed by atoms with Crippen molar-refractivity contribution in [3.8, 4) is 11.1 Å². The van der Waals surface area contributed by atoms with Crippen molar-refractivity contribution in [2.45, 2.75) is 117 Å². The molecular weight excluding hydrogens is 594 g/mol. The van der Waals surface area contributed by atoms with Gasteiger partial charge in [0.05, 0.1) is 29.7 Å². The van der Waals surface area contributed by atoms with Crippen LogP contribution in [0.15, 0.2) is 58.5 Å². The first-order chi connectivity index (χ1) is 22.5. The van der Waals surface area contributed by atoms with Gasteiger partial charge in [-0.2, -0.15) is 10.1 Å². The molecule has 2 aromatic carbocycles. The number of oxime groups is 1. The van der Waals surface area contributed by atoms with Crippen molar-refractivity contribution in [1.82, 2.24) is 19.2 Å². The summed E-state index contributed by atoms with van der Waals surface area (Å²) in [6, 6.07) is 16.0.